The molecule has 0 saturated heterocycles. The van der Waals surface area contributed by atoms with Crippen LogP contribution in [0.5, 0.6) is 0 Å². The molecule has 0 fully saturated rings. The van der Waals surface area contributed by atoms with Gasteiger partial charge in [0.2, 0.25) is 0 Å². The summed E-state index contributed by atoms with van der Waals surface area (Å²) >= 11 is 0. The van der Waals surface area contributed by atoms with Crippen LogP contribution in [0.1, 0.15) is 5.56 Å². The van der Waals surface area contributed by atoms with Gasteiger partial charge in [0, 0.05) is 31.4 Å². The average molecular weight is 420 g/mol. The number of imide groups is 1. The number of pyridine rings is 1. The molecule has 0 unspecified atom stereocenters. The molecule has 30 heavy (non-hydrogen) atoms. The van der Waals surface area contributed by atoms with Gasteiger partial charge in [0.25, 0.3) is 11.8 Å². The van der Waals surface area contributed by atoms with Crippen LogP contribution < -0.4 is 10.2 Å². The molecular formula is C20H19F3N4O3. The van der Waals surface area contributed by atoms with Gasteiger partial charge in [0.05, 0.1) is 24.4 Å². The quantitative estimate of drug-likeness (QED) is 0.699. The van der Waals surface area contributed by atoms with Gasteiger partial charge in [0.15, 0.2) is 0 Å². The summed E-state index contributed by atoms with van der Waals surface area (Å²) in [6.07, 6.45) is -3.42. The number of β-amino-alcohol motifs (C(OH)–C–C–N with tert-alkyl or cyclic N) is 1. The Morgan fingerprint density at radius 3 is 2.53 bits per heavy atom. The minimum atomic E-state index is -4.53. The highest BCUT2D eigenvalue weighted by Gasteiger charge is 2.32. The number of carbonyl (C=O) groups excluding carboxylic acids is 2. The number of benzene rings is 1. The largest absolute Gasteiger partial charge is 0.416 e. The number of hydrogen-bond donors (Lipinski definition) is 2. The normalized spacial score (nSPS) is 14.2. The molecule has 1 aliphatic rings. The van der Waals surface area contributed by atoms with Crippen molar-refractivity contribution in [2.75, 3.05) is 37.5 Å². The molecule has 1 aliphatic heterocycles. The predicted molar refractivity (Wildman–Crippen MR) is 105 cm³/mol. The summed E-state index contributed by atoms with van der Waals surface area (Å²) in [4.78, 5) is 30.8. The molecule has 0 bridgehead atoms. The van der Waals surface area contributed by atoms with Crippen molar-refractivity contribution in [1.82, 2.24) is 9.88 Å². The van der Waals surface area contributed by atoms with E-state index in [1.807, 2.05) is 0 Å². The lowest BCUT2D eigenvalue weighted by atomic mass is 10.1. The summed E-state index contributed by atoms with van der Waals surface area (Å²) < 4.78 is 39.9. The minimum Gasteiger partial charge on any atom is -0.395 e. The fourth-order valence-electron chi connectivity index (χ4n) is 2.88. The number of aromatic nitrogens is 1. The van der Waals surface area contributed by atoms with Crippen LogP contribution in [0, 0.1) is 0 Å². The first-order valence-corrected chi connectivity index (χ1v) is 8.92. The number of halogens is 3. The van der Waals surface area contributed by atoms with Crippen LogP contribution in [0.15, 0.2) is 48.2 Å². The SMILES string of the molecule is CN(C)c1cc(C(F)(F)F)cc(-c2cccc(NC3=CC(=O)N(CCO)C3=O)c2)n1. The third-order valence-electron chi connectivity index (χ3n) is 4.37. The second kappa shape index (κ2) is 8.15. The molecule has 0 saturated carbocycles. The van der Waals surface area contributed by atoms with Gasteiger partial charge in [-0.05, 0) is 24.3 Å². The predicted octanol–water partition coefficient (Wildman–Crippen LogP) is 2.49. The number of aliphatic hydroxyl groups excluding tert-OH is 1. The lowest BCUT2D eigenvalue weighted by Gasteiger charge is -2.17. The molecule has 1 aromatic carbocycles. The molecule has 2 heterocycles. The van der Waals surface area contributed by atoms with Crippen LogP contribution in [0.3, 0.4) is 0 Å². The molecule has 0 radical (unpaired) electrons. The molecule has 158 valence electrons. The highest BCUT2D eigenvalue weighted by atomic mass is 19.4. The number of hydrogen-bond acceptors (Lipinski definition) is 6. The number of nitrogens with one attached hydrogen (secondary N) is 1. The Labute approximate surface area is 170 Å². The van der Waals surface area contributed by atoms with Gasteiger partial charge < -0.3 is 15.3 Å². The summed E-state index contributed by atoms with van der Waals surface area (Å²) in [5.74, 6) is -0.994. The number of alkyl halides is 3. The van der Waals surface area contributed by atoms with E-state index < -0.39 is 23.6 Å². The Hall–Kier alpha value is -3.40. The van der Waals surface area contributed by atoms with E-state index in [0.29, 0.717) is 11.3 Å². The van der Waals surface area contributed by atoms with E-state index in [4.69, 9.17) is 5.11 Å². The smallest absolute Gasteiger partial charge is 0.395 e. The van der Waals surface area contributed by atoms with Crippen molar-refractivity contribution in [3.05, 3.63) is 53.7 Å². The topological polar surface area (TPSA) is 85.8 Å². The summed E-state index contributed by atoms with van der Waals surface area (Å²) in [5, 5.41) is 11.8. The Balaban J connectivity index is 1.93. The number of aliphatic hydroxyl groups is 1. The first kappa shape index (κ1) is 21.3. The van der Waals surface area contributed by atoms with Gasteiger partial charge in [-0.2, -0.15) is 13.2 Å². The molecule has 0 aliphatic carbocycles. The fourth-order valence-corrected chi connectivity index (χ4v) is 2.88. The molecule has 2 amide bonds. The third kappa shape index (κ3) is 4.43. The Morgan fingerprint density at radius 2 is 1.90 bits per heavy atom. The summed E-state index contributed by atoms with van der Waals surface area (Å²) in [5.41, 5.74) is 0.0992. The van der Waals surface area contributed by atoms with Crippen molar-refractivity contribution < 1.29 is 27.9 Å². The highest BCUT2D eigenvalue weighted by Crippen LogP contribution is 2.34. The van der Waals surface area contributed by atoms with Crippen molar-refractivity contribution in [3.8, 4) is 11.3 Å². The zero-order valence-corrected chi connectivity index (χ0v) is 16.2. The monoisotopic (exact) mass is 420 g/mol. The van der Waals surface area contributed by atoms with E-state index in [0.717, 1.165) is 23.1 Å². The maximum Gasteiger partial charge on any atom is 0.416 e. The summed E-state index contributed by atoms with van der Waals surface area (Å²) in [7, 11) is 3.19. The Morgan fingerprint density at radius 1 is 1.17 bits per heavy atom. The highest BCUT2D eigenvalue weighted by molar-refractivity contribution is 6.17. The van der Waals surface area contributed by atoms with Gasteiger partial charge in [-0.3, -0.25) is 14.5 Å². The average Bonchev–Trinajstić information content (AvgIpc) is 2.95. The Kier molecular flexibility index (Phi) is 5.79. The summed E-state index contributed by atoms with van der Waals surface area (Å²) in [6.45, 7) is -0.482. The van der Waals surface area contributed by atoms with Crippen molar-refractivity contribution in [2.45, 2.75) is 6.18 Å². The zero-order chi connectivity index (χ0) is 22.1. The van der Waals surface area contributed by atoms with Crippen LogP contribution in [0.4, 0.5) is 24.7 Å². The van der Waals surface area contributed by atoms with Crippen molar-refractivity contribution in [2.24, 2.45) is 0 Å². The fraction of sp³-hybridized carbons (Fsp3) is 0.250. The third-order valence-corrected chi connectivity index (χ3v) is 4.37. The number of anilines is 2. The lowest BCUT2D eigenvalue weighted by Crippen LogP contribution is -2.34. The van der Waals surface area contributed by atoms with Crippen LogP contribution in [-0.2, 0) is 15.8 Å². The maximum atomic E-state index is 13.3. The molecule has 0 spiro atoms. The van der Waals surface area contributed by atoms with Gasteiger partial charge in [-0.25, -0.2) is 4.98 Å². The number of amides is 2. The molecular weight excluding hydrogens is 401 g/mol. The van der Waals surface area contributed by atoms with E-state index in [-0.39, 0.29) is 30.4 Å². The van der Waals surface area contributed by atoms with Crippen LogP contribution in [0.2, 0.25) is 0 Å². The van der Waals surface area contributed by atoms with Crippen molar-refractivity contribution in [1.29, 1.82) is 0 Å². The second-order valence-electron chi connectivity index (χ2n) is 6.77. The van der Waals surface area contributed by atoms with Gasteiger partial charge in [-0.15, -0.1) is 0 Å². The first-order valence-electron chi connectivity index (χ1n) is 8.92. The molecule has 3 rings (SSSR count). The van der Waals surface area contributed by atoms with E-state index in [2.05, 4.69) is 10.3 Å². The first-order chi connectivity index (χ1) is 14.1. The zero-order valence-electron chi connectivity index (χ0n) is 16.2. The van der Waals surface area contributed by atoms with E-state index in [9.17, 15) is 22.8 Å². The molecule has 2 aromatic rings. The van der Waals surface area contributed by atoms with Gasteiger partial charge >= 0.3 is 6.18 Å². The number of carbonyl (C=O) groups is 2. The van der Waals surface area contributed by atoms with Crippen LogP contribution >= 0.6 is 0 Å². The molecule has 1 aromatic heterocycles. The Bertz CT molecular complexity index is 1020. The molecule has 10 heteroatoms. The maximum absolute atomic E-state index is 13.3. The molecule has 0 atom stereocenters. The van der Waals surface area contributed by atoms with E-state index >= 15 is 0 Å². The van der Waals surface area contributed by atoms with Crippen LogP contribution in [-0.4, -0.2) is 54.1 Å². The molecule has 2 N–H and O–H groups in total. The minimum absolute atomic E-state index is 0.0107. The van der Waals surface area contributed by atoms with Gasteiger partial charge in [0.1, 0.15) is 11.5 Å². The second-order valence-corrected chi connectivity index (χ2v) is 6.77. The van der Waals surface area contributed by atoms with E-state index in [1.54, 1.807) is 32.3 Å². The van der Waals surface area contributed by atoms with Crippen molar-refractivity contribution >= 4 is 23.3 Å². The summed E-state index contributed by atoms with van der Waals surface area (Å²) in [6, 6.07) is 8.27. The lowest BCUT2D eigenvalue weighted by molar-refractivity contribution is -0.138. The molecule has 7 nitrogen and oxygen atoms in total. The van der Waals surface area contributed by atoms with Gasteiger partial charge in [-0.1, -0.05) is 12.1 Å². The van der Waals surface area contributed by atoms with Crippen molar-refractivity contribution in [3.63, 3.8) is 0 Å². The number of rotatable bonds is 6. The van der Waals surface area contributed by atoms with Crippen LogP contribution in [0.25, 0.3) is 11.3 Å². The number of nitrogens with zero attached hydrogens (tertiary/aromatic N) is 3. The standard InChI is InChI=1S/C20H19F3N4O3/c1-26(2)17-10-13(20(21,22)23)9-15(25-17)12-4-3-5-14(8-12)24-16-11-18(29)27(6-7-28)19(16)30/h3-5,8-11,24,28H,6-7H2,1-2H3. The van der Waals surface area contributed by atoms with E-state index in [1.165, 1.54) is 11.0 Å².